The summed E-state index contributed by atoms with van der Waals surface area (Å²) in [5, 5.41) is 1.45. The number of H-pyrrole nitrogens is 1. The largest absolute Gasteiger partial charge is 0.361 e. The van der Waals surface area contributed by atoms with Crippen LogP contribution in [0.2, 0.25) is 0 Å². The summed E-state index contributed by atoms with van der Waals surface area (Å²) in [6, 6.07) is 17.6. The minimum Gasteiger partial charge on any atom is -0.361 e. The van der Waals surface area contributed by atoms with Crippen LogP contribution in [0, 0.1) is 0 Å². The Balaban J connectivity index is 1.59. The maximum Gasteiger partial charge on any atom is 0.0460 e. The molecule has 1 aliphatic heterocycles. The van der Waals surface area contributed by atoms with Gasteiger partial charge in [-0.1, -0.05) is 42.5 Å². The fourth-order valence-electron chi connectivity index (χ4n) is 4.39. The van der Waals surface area contributed by atoms with Crippen molar-refractivity contribution in [2.45, 2.75) is 31.8 Å². The second-order valence-electron chi connectivity index (χ2n) is 7.88. The molecule has 26 heavy (non-hydrogen) atoms. The molecular formula is C23H29N3. The molecule has 0 bridgehead atoms. The first kappa shape index (κ1) is 17.3. The zero-order valence-electron chi connectivity index (χ0n) is 15.9. The smallest absolute Gasteiger partial charge is 0.0460 e. The fourth-order valence-corrected chi connectivity index (χ4v) is 4.39. The Morgan fingerprint density at radius 2 is 1.92 bits per heavy atom. The molecule has 1 N–H and O–H groups in total. The van der Waals surface area contributed by atoms with Crippen LogP contribution in [-0.2, 0) is 13.1 Å². The van der Waals surface area contributed by atoms with E-state index in [2.05, 4.69) is 83.6 Å². The molecule has 2 heterocycles. The summed E-state index contributed by atoms with van der Waals surface area (Å²) in [6.07, 6.45) is 4.76. The van der Waals surface area contributed by atoms with Crippen molar-refractivity contribution in [1.82, 2.24) is 14.8 Å². The number of benzene rings is 2. The third kappa shape index (κ3) is 3.69. The molecule has 0 amide bonds. The maximum absolute atomic E-state index is 3.48. The average molecular weight is 348 g/mol. The number of aromatic nitrogens is 1. The Bertz CT molecular complexity index is 850. The van der Waals surface area contributed by atoms with Gasteiger partial charge in [0.25, 0.3) is 0 Å². The van der Waals surface area contributed by atoms with E-state index in [0.717, 1.165) is 19.6 Å². The first-order chi connectivity index (χ1) is 12.7. The summed E-state index contributed by atoms with van der Waals surface area (Å²) in [5.74, 6) is 0.618. The minimum absolute atomic E-state index is 0.618. The molecule has 4 rings (SSSR count). The van der Waals surface area contributed by atoms with Gasteiger partial charge in [0, 0.05) is 36.7 Å². The normalized spacial score (nSPS) is 18.7. The van der Waals surface area contributed by atoms with Crippen LogP contribution < -0.4 is 0 Å². The number of hydrogen-bond acceptors (Lipinski definition) is 2. The molecule has 1 atom stereocenters. The third-order valence-electron chi connectivity index (χ3n) is 5.50. The van der Waals surface area contributed by atoms with Crippen molar-refractivity contribution in [3.8, 4) is 0 Å². The standard InChI is InChI=1S/C23H29N3/c1-25(2)16-20-14-24-22-12-6-11-21(23(20)22)19-10-7-13-26(17-19)15-18-8-4-3-5-9-18/h3-6,8-9,11-12,14,19,24H,7,10,13,15-17H2,1-2H3. The van der Waals surface area contributed by atoms with E-state index in [-0.39, 0.29) is 0 Å². The van der Waals surface area contributed by atoms with Gasteiger partial charge in [-0.15, -0.1) is 0 Å². The van der Waals surface area contributed by atoms with Crippen molar-refractivity contribution in [2.24, 2.45) is 0 Å². The number of aromatic amines is 1. The summed E-state index contributed by atoms with van der Waals surface area (Å²) >= 11 is 0. The summed E-state index contributed by atoms with van der Waals surface area (Å²) in [7, 11) is 4.29. The highest BCUT2D eigenvalue weighted by Crippen LogP contribution is 2.34. The second-order valence-corrected chi connectivity index (χ2v) is 7.88. The Labute approximate surface area is 156 Å². The van der Waals surface area contributed by atoms with Crippen molar-refractivity contribution < 1.29 is 0 Å². The molecule has 1 fully saturated rings. The number of nitrogens with one attached hydrogen (secondary N) is 1. The maximum atomic E-state index is 3.48. The highest BCUT2D eigenvalue weighted by atomic mass is 15.1. The van der Waals surface area contributed by atoms with Crippen LogP contribution in [0.5, 0.6) is 0 Å². The van der Waals surface area contributed by atoms with Crippen LogP contribution in [0.15, 0.2) is 54.7 Å². The Hall–Kier alpha value is -2.10. The molecular weight excluding hydrogens is 318 g/mol. The summed E-state index contributed by atoms with van der Waals surface area (Å²) < 4.78 is 0. The molecule has 0 saturated carbocycles. The summed E-state index contributed by atoms with van der Waals surface area (Å²) in [5.41, 5.74) is 5.64. The quantitative estimate of drug-likeness (QED) is 0.728. The van der Waals surface area contributed by atoms with Gasteiger partial charge in [0.2, 0.25) is 0 Å². The molecule has 1 unspecified atom stereocenters. The van der Waals surface area contributed by atoms with E-state index < -0.39 is 0 Å². The summed E-state index contributed by atoms with van der Waals surface area (Å²) in [6.45, 7) is 4.40. The van der Waals surface area contributed by atoms with E-state index in [0.29, 0.717) is 5.92 Å². The van der Waals surface area contributed by atoms with Crippen LogP contribution in [0.25, 0.3) is 10.9 Å². The van der Waals surface area contributed by atoms with E-state index in [1.54, 1.807) is 0 Å². The van der Waals surface area contributed by atoms with Gasteiger partial charge in [-0.2, -0.15) is 0 Å². The molecule has 1 aliphatic rings. The lowest BCUT2D eigenvalue weighted by Gasteiger charge is -2.33. The van der Waals surface area contributed by atoms with Crippen molar-refractivity contribution in [3.05, 3.63) is 71.4 Å². The zero-order valence-corrected chi connectivity index (χ0v) is 15.9. The molecule has 3 nitrogen and oxygen atoms in total. The Kier molecular flexibility index (Phi) is 5.09. The van der Waals surface area contributed by atoms with Crippen LogP contribution in [-0.4, -0.2) is 42.0 Å². The number of nitrogens with zero attached hydrogens (tertiary/aromatic N) is 2. The van der Waals surface area contributed by atoms with E-state index >= 15 is 0 Å². The average Bonchev–Trinajstić information content (AvgIpc) is 3.05. The lowest BCUT2D eigenvalue weighted by atomic mass is 9.87. The van der Waals surface area contributed by atoms with Gasteiger partial charge in [-0.05, 0) is 62.2 Å². The summed E-state index contributed by atoms with van der Waals surface area (Å²) in [4.78, 5) is 8.36. The van der Waals surface area contributed by atoms with E-state index in [1.807, 2.05) is 0 Å². The molecule has 3 aromatic rings. The first-order valence-corrected chi connectivity index (χ1v) is 9.70. The zero-order chi connectivity index (χ0) is 17.9. The number of hydrogen-bond donors (Lipinski definition) is 1. The van der Waals surface area contributed by atoms with Crippen molar-refractivity contribution >= 4 is 10.9 Å². The molecule has 1 aromatic heterocycles. The van der Waals surface area contributed by atoms with E-state index in [9.17, 15) is 0 Å². The van der Waals surface area contributed by atoms with Crippen molar-refractivity contribution in [1.29, 1.82) is 0 Å². The van der Waals surface area contributed by atoms with Gasteiger partial charge in [0.05, 0.1) is 0 Å². The molecule has 0 aliphatic carbocycles. The molecule has 2 aromatic carbocycles. The molecule has 136 valence electrons. The van der Waals surface area contributed by atoms with Crippen LogP contribution in [0.1, 0.15) is 35.4 Å². The third-order valence-corrected chi connectivity index (χ3v) is 5.50. The van der Waals surface area contributed by atoms with Gasteiger partial charge in [0.1, 0.15) is 0 Å². The predicted octanol–water partition coefficient (Wildman–Crippen LogP) is 4.61. The second kappa shape index (κ2) is 7.65. The van der Waals surface area contributed by atoms with Gasteiger partial charge in [-0.3, -0.25) is 4.90 Å². The molecule has 1 saturated heterocycles. The number of fused-ring (bicyclic) bond motifs is 1. The van der Waals surface area contributed by atoms with Crippen molar-refractivity contribution in [2.75, 3.05) is 27.2 Å². The van der Waals surface area contributed by atoms with Gasteiger partial charge in [-0.25, -0.2) is 0 Å². The lowest BCUT2D eigenvalue weighted by Crippen LogP contribution is -2.34. The topological polar surface area (TPSA) is 22.3 Å². The first-order valence-electron chi connectivity index (χ1n) is 9.70. The van der Waals surface area contributed by atoms with Crippen LogP contribution in [0.4, 0.5) is 0 Å². The van der Waals surface area contributed by atoms with E-state index in [4.69, 9.17) is 0 Å². The fraction of sp³-hybridized carbons (Fsp3) is 0.391. The monoisotopic (exact) mass is 347 g/mol. The number of piperidine rings is 1. The minimum atomic E-state index is 0.618. The van der Waals surface area contributed by atoms with Gasteiger partial charge >= 0.3 is 0 Å². The highest BCUT2D eigenvalue weighted by Gasteiger charge is 2.24. The predicted molar refractivity (Wildman–Crippen MR) is 109 cm³/mol. The SMILES string of the molecule is CN(C)Cc1c[nH]c2cccc(C3CCCN(Cc4ccccc4)C3)c12. The van der Waals surface area contributed by atoms with E-state index in [1.165, 1.54) is 47.0 Å². The molecule has 0 spiro atoms. The molecule has 0 radical (unpaired) electrons. The van der Waals surface area contributed by atoms with Gasteiger partial charge < -0.3 is 9.88 Å². The molecule has 3 heteroatoms. The highest BCUT2D eigenvalue weighted by molar-refractivity contribution is 5.87. The number of rotatable bonds is 5. The van der Waals surface area contributed by atoms with Crippen LogP contribution >= 0.6 is 0 Å². The van der Waals surface area contributed by atoms with Crippen LogP contribution in [0.3, 0.4) is 0 Å². The van der Waals surface area contributed by atoms with Gasteiger partial charge in [0.15, 0.2) is 0 Å². The number of likely N-dealkylation sites (tertiary alicyclic amines) is 1. The Morgan fingerprint density at radius 1 is 1.08 bits per heavy atom. The Morgan fingerprint density at radius 3 is 2.73 bits per heavy atom. The van der Waals surface area contributed by atoms with Crippen molar-refractivity contribution in [3.63, 3.8) is 0 Å². The lowest BCUT2D eigenvalue weighted by molar-refractivity contribution is 0.200.